The maximum atomic E-state index is 12.5. The summed E-state index contributed by atoms with van der Waals surface area (Å²) in [6, 6.07) is 9.42. The van der Waals surface area contributed by atoms with Gasteiger partial charge in [-0.25, -0.2) is 4.98 Å². The summed E-state index contributed by atoms with van der Waals surface area (Å²) < 4.78 is 1.57. The zero-order chi connectivity index (χ0) is 15.1. The first-order valence-electron chi connectivity index (χ1n) is 6.69. The summed E-state index contributed by atoms with van der Waals surface area (Å²) in [4.78, 5) is 22.0. The summed E-state index contributed by atoms with van der Waals surface area (Å²) in [5.74, 6) is 0. The maximum absolute atomic E-state index is 12.5. The van der Waals surface area contributed by atoms with Crippen LogP contribution >= 0.6 is 22.9 Å². The fourth-order valence-electron chi connectivity index (χ4n) is 2.51. The van der Waals surface area contributed by atoms with Crippen LogP contribution in [0.4, 0.5) is 0 Å². The van der Waals surface area contributed by atoms with Gasteiger partial charge in [0.2, 0.25) is 0 Å². The lowest BCUT2D eigenvalue weighted by Crippen LogP contribution is -2.20. The maximum Gasteiger partial charge on any atom is 0.262 e. The van der Waals surface area contributed by atoms with E-state index in [2.05, 4.69) is 9.97 Å². The van der Waals surface area contributed by atoms with E-state index in [1.54, 1.807) is 23.2 Å². The molecule has 108 valence electrons. The number of pyridine rings is 1. The Labute approximate surface area is 134 Å². The van der Waals surface area contributed by atoms with Gasteiger partial charge in [0.25, 0.3) is 5.56 Å². The molecule has 0 atom stereocenters. The van der Waals surface area contributed by atoms with E-state index < -0.39 is 0 Å². The van der Waals surface area contributed by atoms with Crippen molar-refractivity contribution in [3.63, 3.8) is 0 Å². The summed E-state index contributed by atoms with van der Waals surface area (Å²) >= 11 is 7.79. The Kier molecular flexibility index (Phi) is 3.17. The predicted molar refractivity (Wildman–Crippen MR) is 89.7 cm³/mol. The van der Waals surface area contributed by atoms with Gasteiger partial charge in [0.05, 0.1) is 23.8 Å². The van der Waals surface area contributed by atoms with Gasteiger partial charge in [-0.1, -0.05) is 23.7 Å². The molecule has 0 amide bonds. The van der Waals surface area contributed by atoms with Crippen molar-refractivity contribution in [1.29, 1.82) is 0 Å². The lowest BCUT2D eigenvalue weighted by Gasteiger charge is -2.10. The first-order valence-corrected chi connectivity index (χ1v) is 7.94. The molecular formula is C16H10ClN3OS. The lowest BCUT2D eigenvalue weighted by atomic mass is 10.1. The second-order valence-electron chi connectivity index (χ2n) is 4.92. The third-order valence-electron chi connectivity index (χ3n) is 3.60. The highest BCUT2D eigenvalue weighted by Crippen LogP contribution is 2.25. The molecule has 22 heavy (non-hydrogen) atoms. The minimum absolute atomic E-state index is 0.0600. The number of aromatic nitrogens is 3. The average molecular weight is 328 g/mol. The quantitative estimate of drug-likeness (QED) is 0.564. The van der Waals surface area contributed by atoms with E-state index in [4.69, 9.17) is 11.6 Å². The third-order valence-corrected chi connectivity index (χ3v) is 4.78. The van der Waals surface area contributed by atoms with Crippen LogP contribution < -0.4 is 5.56 Å². The molecule has 0 bridgehead atoms. The van der Waals surface area contributed by atoms with Crippen molar-refractivity contribution in [2.24, 2.45) is 0 Å². The van der Waals surface area contributed by atoms with Crippen LogP contribution in [0.2, 0.25) is 5.02 Å². The van der Waals surface area contributed by atoms with Gasteiger partial charge in [0.1, 0.15) is 4.83 Å². The second-order valence-corrected chi connectivity index (χ2v) is 6.22. The van der Waals surface area contributed by atoms with Crippen molar-refractivity contribution in [2.45, 2.75) is 6.54 Å². The average Bonchev–Trinajstić information content (AvgIpc) is 3.02. The number of fused-ring (bicyclic) bond motifs is 2. The normalized spacial score (nSPS) is 11.3. The summed E-state index contributed by atoms with van der Waals surface area (Å²) in [5, 5.41) is 4.11. The standard InChI is InChI=1S/C16H10ClN3OS/c17-13-4-3-10-2-1-6-18-14(10)12(13)8-20-9-19-15-11(16(20)21)5-7-22-15/h1-7,9H,8H2. The summed E-state index contributed by atoms with van der Waals surface area (Å²) in [7, 11) is 0. The van der Waals surface area contributed by atoms with E-state index in [0.29, 0.717) is 17.0 Å². The Balaban J connectivity index is 1.91. The smallest absolute Gasteiger partial charge is 0.262 e. The molecule has 0 spiro atoms. The molecule has 0 N–H and O–H groups in total. The number of benzene rings is 1. The predicted octanol–water partition coefficient (Wildman–Crippen LogP) is 3.71. The molecule has 0 aliphatic heterocycles. The highest BCUT2D eigenvalue weighted by Gasteiger charge is 2.11. The fourth-order valence-corrected chi connectivity index (χ4v) is 3.44. The van der Waals surface area contributed by atoms with Crippen LogP contribution in [0.1, 0.15) is 5.56 Å². The Morgan fingerprint density at radius 1 is 1.18 bits per heavy atom. The molecule has 4 aromatic rings. The van der Waals surface area contributed by atoms with Crippen LogP contribution in [0.5, 0.6) is 0 Å². The number of hydrogen-bond donors (Lipinski definition) is 0. The van der Waals surface area contributed by atoms with Crippen LogP contribution in [-0.2, 0) is 6.54 Å². The molecule has 0 fully saturated rings. The first-order chi connectivity index (χ1) is 10.7. The number of nitrogens with zero attached hydrogens (tertiary/aromatic N) is 3. The number of halogens is 1. The van der Waals surface area contributed by atoms with E-state index in [9.17, 15) is 4.79 Å². The molecule has 1 aromatic carbocycles. The van der Waals surface area contributed by atoms with Gasteiger partial charge in [-0.3, -0.25) is 14.3 Å². The molecule has 0 saturated carbocycles. The van der Waals surface area contributed by atoms with Crippen molar-refractivity contribution >= 4 is 44.1 Å². The third kappa shape index (κ3) is 2.10. The number of thiophene rings is 1. The zero-order valence-electron chi connectivity index (χ0n) is 11.4. The molecule has 0 aliphatic rings. The molecule has 6 heteroatoms. The Morgan fingerprint density at radius 3 is 3.00 bits per heavy atom. The van der Waals surface area contributed by atoms with E-state index in [1.165, 1.54) is 11.3 Å². The van der Waals surface area contributed by atoms with E-state index in [1.807, 2.05) is 29.6 Å². The van der Waals surface area contributed by atoms with Crippen LogP contribution in [0.25, 0.3) is 21.1 Å². The van der Waals surface area contributed by atoms with E-state index in [0.717, 1.165) is 21.3 Å². The van der Waals surface area contributed by atoms with Crippen molar-refractivity contribution in [3.05, 3.63) is 69.2 Å². The van der Waals surface area contributed by atoms with Crippen molar-refractivity contribution < 1.29 is 0 Å². The monoisotopic (exact) mass is 327 g/mol. The Bertz CT molecular complexity index is 1050. The summed E-state index contributed by atoms with van der Waals surface area (Å²) in [5.41, 5.74) is 1.58. The molecule has 0 aliphatic carbocycles. The van der Waals surface area contributed by atoms with Crippen molar-refractivity contribution in [3.8, 4) is 0 Å². The van der Waals surface area contributed by atoms with Gasteiger partial charge in [0, 0.05) is 22.2 Å². The molecule has 3 heterocycles. The number of hydrogen-bond acceptors (Lipinski definition) is 4. The second kappa shape index (κ2) is 5.19. The van der Waals surface area contributed by atoms with E-state index >= 15 is 0 Å². The largest absolute Gasteiger partial charge is 0.294 e. The van der Waals surface area contributed by atoms with Gasteiger partial charge in [-0.05, 0) is 23.6 Å². The van der Waals surface area contributed by atoms with Crippen LogP contribution in [0, 0.1) is 0 Å². The Morgan fingerprint density at radius 2 is 2.09 bits per heavy atom. The molecule has 3 aromatic heterocycles. The SMILES string of the molecule is O=c1c2ccsc2ncn1Cc1c(Cl)ccc2cccnc12. The van der Waals surface area contributed by atoms with Crippen LogP contribution in [0.15, 0.2) is 53.0 Å². The van der Waals surface area contributed by atoms with Crippen LogP contribution in [-0.4, -0.2) is 14.5 Å². The first kappa shape index (κ1) is 13.4. The highest BCUT2D eigenvalue weighted by molar-refractivity contribution is 7.16. The Hall–Kier alpha value is -2.24. The molecule has 0 unspecified atom stereocenters. The summed E-state index contributed by atoms with van der Waals surface area (Å²) in [6.07, 6.45) is 3.30. The zero-order valence-corrected chi connectivity index (χ0v) is 12.9. The van der Waals surface area contributed by atoms with Gasteiger partial charge < -0.3 is 0 Å². The fraction of sp³-hybridized carbons (Fsp3) is 0.0625. The minimum atomic E-state index is -0.0600. The van der Waals surface area contributed by atoms with Crippen LogP contribution in [0.3, 0.4) is 0 Å². The summed E-state index contributed by atoms with van der Waals surface area (Å²) in [6.45, 7) is 0.352. The van der Waals surface area contributed by atoms with Gasteiger partial charge >= 0.3 is 0 Å². The molecule has 0 radical (unpaired) electrons. The van der Waals surface area contributed by atoms with Gasteiger partial charge in [-0.2, -0.15) is 0 Å². The molecule has 4 rings (SSSR count). The van der Waals surface area contributed by atoms with Gasteiger partial charge in [0.15, 0.2) is 0 Å². The topological polar surface area (TPSA) is 47.8 Å². The van der Waals surface area contributed by atoms with Crippen molar-refractivity contribution in [1.82, 2.24) is 14.5 Å². The molecular weight excluding hydrogens is 318 g/mol. The van der Waals surface area contributed by atoms with Crippen molar-refractivity contribution in [2.75, 3.05) is 0 Å². The molecule has 0 saturated heterocycles. The minimum Gasteiger partial charge on any atom is -0.294 e. The molecule has 4 nitrogen and oxygen atoms in total. The van der Waals surface area contributed by atoms with E-state index in [-0.39, 0.29) is 5.56 Å². The lowest BCUT2D eigenvalue weighted by molar-refractivity contribution is 0.752. The van der Waals surface area contributed by atoms with Gasteiger partial charge in [-0.15, -0.1) is 11.3 Å². The number of rotatable bonds is 2. The highest BCUT2D eigenvalue weighted by atomic mass is 35.5.